The highest BCUT2D eigenvalue weighted by molar-refractivity contribution is 5.88. The van der Waals surface area contributed by atoms with E-state index in [-0.39, 0.29) is 17.9 Å². The van der Waals surface area contributed by atoms with Gasteiger partial charge in [0.25, 0.3) is 0 Å². The van der Waals surface area contributed by atoms with Crippen molar-refractivity contribution in [3.05, 3.63) is 11.8 Å². The molecule has 1 fully saturated rings. The lowest BCUT2D eigenvalue weighted by molar-refractivity contribution is -0.149. The van der Waals surface area contributed by atoms with E-state index in [9.17, 15) is 9.59 Å². The van der Waals surface area contributed by atoms with Gasteiger partial charge in [0.2, 0.25) is 0 Å². The van der Waals surface area contributed by atoms with E-state index in [0.29, 0.717) is 31.3 Å². The highest BCUT2D eigenvalue weighted by Crippen LogP contribution is 2.19. The molecule has 2 rings (SSSR count). The van der Waals surface area contributed by atoms with Gasteiger partial charge in [-0.2, -0.15) is 0 Å². The number of piperidine rings is 1. The molecule has 2 heterocycles. The van der Waals surface area contributed by atoms with Crippen LogP contribution >= 0.6 is 0 Å². The quantitative estimate of drug-likeness (QED) is 0.854. The summed E-state index contributed by atoms with van der Waals surface area (Å²) in [4.78, 5) is 25.4. The first-order chi connectivity index (χ1) is 9.60. The molecule has 0 saturated carbocycles. The van der Waals surface area contributed by atoms with Crippen molar-refractivity contribution in [1.29, 1.82) is 0 Å². The standard InChI is InChI=1S/C13H19N3O4/c1-3-19-12(17)10-5-4-6-16(8-10)13(18)14-11-7-9(2)20-15-11/h7,10H,3-6,8H2,1-2H3,(H,14,15,18). The van der Waals surface area contributed by atoms with Crippen LogP contribution in [0.2, 0.25) is 0 Å². The zero-order chi connectivity index (χ0) is 14.5. The SMILES string of the molecule is CCOC(=O)C1CCCN(C(=O)Nc2cc(C)on2)C1. The van der Waals surface area contributed by atoms with Crippen LogP contribution in [0.4, 0.5) is 10.6 Å². The van der Waals surface area contributed by atoms with Crippen LogP contribution in [0.1, 0.15) is 25.5 Å². The molecule has 1 aromatic heterocycles. The summed E-state index contributed by atoms with van der Waals surface area (Å²) in [6, 6.07) is 1.37. The number of likely N-dealkylation sites (tertiary alicyclic amines) is 1. The summed E-state index contributed by atoms with van der Waals surface area (Å²) in [6.07, 6.45) is 1.54. The second-order valence-electron chi connectivity index (χ2n) is 4.79. The zero-order valence-electron chi connectivity index (χ0n) is 11.7. The van der Waals surface area contributed by atoms with Gasteiger partial charge >= 0.3 is 12.0 Å². The molecule has 1 aromatic rings. The lowest BCUT2D eigenvalue weighted by Gasteiger charge is -2.31. The molecule has 110 valence electrons. The van der Waals surface area contributed by atoms with Gasteiger partial charge in [0.1, 0.15) is 5.76 Å². The van der Waals surface area contributed by atoms with E-state index in [1.165, 1.54) is 0 Å². The number of aromatic nitrogens is 1. The average molecular weight is 281 g/mol. The van der Waals surface area contributed by atoms with Crippen molar-refractivity contribution in [3.63, 3.8) is 0 Å². The maximum absolute atomic E-state index is 12.1. The molecule has 1 aliphatic rings. The molecule has 1 unspecified atom stereocenters. The van der Waals surface area contributed by atoms with Gasteiger partial charge in [0.05, 0.1) is 12.5 Å². The minimum absolute atomic E-state index is 0.234. The summed E-state index contributed by atoms with van der Waals surface area (Å²) >= 11 is 0. The average Bonchev–Trinajstić information content (AvgIpc) is 2.84. The van der Waals surface area contributed by atoms with Gasteiger partial charge in [-0.25, -0.2) is 4.79 Å². The molecule has 7 nitrogen and oxygen atoms in total. The first-order valence-electron chi connectivity index (χ1n) is 6.76. The number of nitrogens with zero attached hydrogens (tertiary/aromatic N) is 2. The minimum atomic E-state index is -0.271. The second kappa shape index (κ2) is 6.40. The fraction of sp³-hybridized carbons (Fsp3) is 0.615. The van der Waals surface area contributed by atoms with Crippen molar-refractivity contribution < 1.29 is 18.8 Å². The lowest BCUT2D eigenvalue weighted by atomic mass is 9.98. The molecule has 20 heavy (non-hydrogen) atoms. The van der Waals surface area contributed by atoms with E-state index in [2.05, 4.69) is 10.5 Å². The summed E-state index contributed by atoms with van der Waals surface area (Å²) in [5.41, 5.74) is 0. The summed E-state index contributed by atoms with van der Waals surface area (Å²) in [5.74, 6) is 0.532. The zero-order valence-corrected chi connectivity index (χ0v) is 11.7. The Bertz CT molecular complexity index is 486. The maximum Gasteiger partial charge on any atom is 0.323 e. The van der Waals surface area contributed by atoms with E-state index < -0.39 is 0 Å². The van der Waals surface area contributed by atoms with Gasteiger partial charge in [0.15, 0.2) is 5.82 Å². The van der Waals surface area contributed by atoms with E-state index >= 15 is 0 Å². The topological polar surface area (TPSA) is 84.7 Å². The highest BCUT2D eigenvalue weighted by Gasteiger charge is 2.29. The van der Waals surface area contributed by atoms with Gasteiger partial charge < -0.3 is 14.2 Å². The number of amides is 2. The third-order valence-electron chi connectivity index (χ3n) is 3.19. The number of carbonyl (C=O) groups is 2. The van der Waals surface area contributed by atoms with Gasteiger partial charge in [-0.15, -0.1) is 0 Å². The molecule has 1 aliphatic heterocycles. The van der Waals surface area contributed by atoms with Gasteiger partial charge in [-0.1, -0.05) is 5.16 Å². The van der Waals surface area contributed by atoms with Crippen LogP contribution in [-0.4, -0.2) is 41.8 Å². The largest absolute Gasteiger partial charge is 0.466 e. The number of hydrogen-bond acceptors (Lipinski definition) is 5. The summed E-state index contributed by atoms with van der Waals surface area (Å²) < 4.78 is 9.89. The number of anilines is 1. The van der Waals surface area contributed by atoms with Crippen molar-refractivity contribution in [3.8, 4) is 0 Å². The predicted molar refractivity (Wildman–Crippen MR) is 71.2 cm³/mol. The molecule has 0 spiro atoms. The molecule has 1 N–H and O–H groups in total. The van der Waals surface area contributed by atoms with Gasteiger partial charge in [0, 0.05) is 19.2 Å². The van der Waals surface area contributed by atoms with E-state index in [1.54, 1.807) is 24.8 Å². The van der Waals surface area contributed by atoms with E-state index in [4.69, 9.17) is 9.26 Å². The van der Waals surface area contributed by atoms with Crippen LogP contribution in [0.25, 0.3) is 0 Å². The fourth-order valence-corrected chi connectivity index (χ4v) is 2.23. The van der Waals surface area contributed by atoms with Crippen LogP contribution in [0, 0.1) is 12.8 Å². The van der Waals surface area contributed by atoms with Crippen LogP contribution in [-0.2, 0) is 9.53 Å². The first-order valence-corrected chi connectivity index (χ1v) is 6.76. The number of carbonyl (C=O) groups excluding carboxylic acids is 2. The molecule has 0 radical (unpaired) electrons. The highest BCUT2D eigenvalue weighted by atomic mass is 16.5. The Morgan fingerprint density at radius 2 is 2.40 bits per heavy atom. The summed E-state index contributed by atoms with van der Waals surface area (Å²) in [5, 5.41) is 6.36. The monoisotopic (exact) mass is 281 g/mol. The van der Waals surface area contributed by atoms with Crippen molar-refractivity contribution in [2.45, 2.75) is 26.7 Å². The fourth-order valence-electron chi connectivity index (χ4n) is 2.23. The van der Waals surface area contributed by atoms with E-state index in [0.717, 1.165) is 12.8 Å². The number of aryl methyl sites for hydroxylation is 1. The Balaban J connectivity index is 1.91. The third-order valence-corrected chi connectivity index (χ3v) is 3.19. The Morgan fingerprint density at radius 1 is 1.60 bits per heavy atom. The Kier molecular flexibility index (Phi) is 4.60. The Hall–Kier alpha value is -2.05. The lowest BCUT2D eigenvalue weighted by Crippen LogP contribution is -2.44. The number of esters is 1. The molecular formula is C13H19N3O4. The summed E-state index contributed by atoms with van der Waals surface area (Å²) in [7, 11) is 0. The van der Waals surface area contributed by atoms with Gasteiger partial charge in [-0.05, 0) is 26.7 Å². The van der Waals surface area contributed by atoms with Gasteiger partial charge in [-0.3, -0.25) is 10.1 Å². The molecule has 0 aliphatic carbocycles. The molecule has 0 aromatic carbocycles. The second-order valence-corrected chi connectivity index (χ2v) is 4.79. The normalized spacial score (nSPS) is 18.7. The smallest absolute Gasteiger partial charge is 0.323 e. The Morgan fingerprint density at radius 3 is 3.05 bits per heavy atom. The maximum atomic E-state index is 12.1. The minimum Gasteiger partial charge on any atom is -0.466 e. The molecule has 0 bridgehead atoms. The van der Waals surface area contributed by atoms with E-state index in [1.807, 2.05) is 0 Å². The van der Waals surface area contributed by atoms with Crippen molar-refractivity contribution >= 4 is 17.8 Å². The van der Waals surface area contributed by atoms with Crippen molar-refractivity contribution in [1.82, 2.24) is 10.1 Å². The summed E-state index contributed by atoms with van der Waals surface area (Å²) in [6.45, 7) is 4.89. The third kappa shape index (κ3) is 3.49. The number of ether oxygens (including phenoxy) is 1. The first kappa shape index (κ1) is 14.4. The molecule has 7 heteroatoms. The molecule has 2 amide bonds. The van der Waals surface area contributed by atoms with Crippen molar-refractivity contribution in [2.75, 3.05) is 25.0 Å². The number of nitrogens with one attached hydrogen (secondary N) is 1. The van der Waals surface area contributed by atoms with Crippen molar-refractivity contribution in [2.24, 2.45) is 5.92 Å². The van der Waals surface area contributed by atoms with Crippen LogP contribution in [0.15, 0.2) is 10.6 Å². The molecular weight excluding hydrogens is 262 g/mol. The number of hydrogen-bond donors (Lipinski definition) is 1. The van der Waals surface area contributed by atoms with Crippen LogP contribution in [0.3, 0.4) is 0 Å². The molecule has 1 atom stereocenters. The number of rotatable bonds is 3. The van der Waals surface area contributed by atoms with Crippen LogP contribution in [0.5, 0.6) is 0 Å². The Labute approximate surface area is 117 Å². The predicted octanol–water partition coefficient (Wildman–Crippen LogP) is 1.79. The molecule has 1 saturated heterocycles. The van der Waals surface area contributed by atoms with Crippen LogP contribution < -0.4 is 5.32 Å². The number of urea groups is 1.